The lowest BCUT2D eigenvalue weighted by Crippen LogP contribution is -2.48. The first-order valence-electron chi connectivity index (χ1n) is 12.3. The quantitative estimate of drug-likeness (QED) is 0.326. The van der Waals surface area contributed by atoms with Crippen molar-refractivity contribution in [3.63, 3.8) is 0 Å². The summed E-state index contributed by atoms with van der Waals surface area (Å²) >= 11 is 0. The number of aryl methyl sites for hydroxylation is 2. The summed E-state index contributed by atoms with van der Waals surface area (Å²) in [6, 6.07) is 27.2. The third-order valence-corrected chi connectivity index (χ3v) is 6.78. The van der Waals surface area contributed by atoms with Crippen molar-refractivity contribution in [2.75, 3.05) is 45.3 Å². The van der Waals surface area contributed by atoms with E-state index in [1.54, 1.807) is 14.2 Å². The zero-order chi connectivity index (χ0) is 24.7. The molecule has 5 rings (SSSR count). The molecule has 0 radical (unpaired) electrons. The maximum Gasteiger partial charge on any atom is 0.173 e. The molecule has 0 aliphatic carbocycles. The minimum Gasteiger partial charge on any atom is -0.493 e. The fourth-order valence-electron chi connectivity index (χ4n) is 4.87. The van der Waals surface area contributed by atoms with E-state index in [9.17, 15) is 0 Å². The van der Waals surface area contributed by atoms with E-state index in [1.165, 1.54) is 11.3 Å². The monoisotopic (exact) mass is 520 g/mol. The Labute approximate surface area is 224 Å². The van der Waals surface area contributed by atoms with E-state index in [0.29, 0.717) is 6.54 Å². The summed E-state index contributed by atoms with van der Waals surface area (Å²) in [5, 5.41) is 13.0. The van der Waals surface area contributed by atoms with Crippen molar-refractivity contribution in [2.24, 2.45) is 0 Å². The number of anilines is 1. The van der Waals surface area contributed by atoms with Crippen LogP contribution in [0, 0.1) is 0 Å². The number of methoxy groups -OCH3 is 2. The second kappa shape index (κ2) is 12.6. The normalized spacial score (nSPS) is 14.6. The average Bonchev–Trinajstić information content (AvgIpc) is 3.41. The Bertz CT molecular complexity index is 1250. The minimum absolute atomic E-state index is 0. The maximum absolute atomic E-state index is 5.47. The summed E-state index contributed by atoms with van der Waals surface area (Å²) in [4.78, 5) is 4.94. The third kappa shape index (κ3) is 6.03. The van der Waals surface area contributed by atoms with Gasteiger partial charge in [0.05, 0.1) is 20.3 Å². The summed E-state index contributed by atoms with van der Waals surface area (Å²) in [7, 11) is 3.30. The number of hydrogen-bond acceptors (Lipinski definition) is 7. The summed E-state index contributed by atoms with van der Waals surface area (Å²) in [5.74, 6) is 2.32. The van der Waals surface area contributed by atoms with Crippen molar-refractivity contribution < 1.29 is 9.47 Å². The zero-order valence-corrected chi connectivity index (χ0v) is 22.1. The fraction of sp³-hybridized carbons (Fsp3) is 0.321. The molecule has 1 fully saturated rings. The topological polar surface area (TPSA) is 68.5 Å². The van der Waals surface area contributed by atoms with Crippen LogP contribution in [-0.2, 0) is 13.0 Å². The molecule has 194 valence electrons. The molecule has 0 amide bonds. The van der Waals surface area contributed by atoms with Gasteiger partial charge >= 0.3 is 0 Å². The molecule has 4 aromatic rings. The number of piperazine rings is 1. The standard InChI is InChI=1S/C28H32N6O2.ClH/c1-35-25-14-13-22(21-26(25)36-2)15-16-34-28(29-30-31-34)27(23-9-5-3-6-10-23)33-19-17-32(18-20-33)24-11-7-4-8-12-24;/h3-14,21,27H,15-20H2,1-2H3;1H. The van der Waals surface area contributed by atoms with Crippen LogP contribution in [0.3, 0.4) is 0 Å². The van der Waals surface area contributed by atoms with Gasteiger partial charge in [-0.1, -0.05) is 54.6 Å². The highest BCUT2D eigenvalue weighted by atomic mass is 35.5. The molecule has 1 aliphatic rings. The number of nitrogens with zero attached hydrogens (tertiary/aromatic N) is 6. The summed E-state index contributed by atoms with van der Waals surface area (Å²) < 4.78 is 12.8. The number of para-hydroxylation sites is 1. The molecular weight excluding hydrogens is 488 g/mol. The maximum atomic E-state index is 5.47. The van der Waals surface area contributed by atoms with Crippen LogP contribution < -0.4 is 14.4 Å². The zero-order valence-electron chi connectivity index (χ0n) is 21.2. The SMILES string of the molecule is COc1ccc(CCn2nnnc2C(c2ccccc2)N2CCN(c3ccccc3)CC2)cc1OC.Cl. The molecule has 1 aromatic heterocycles. The molecule has 1 aliphatic heterocycles. The molecule has 1 saturated heterocycles. The van der Waals surface area contributed by atoms with Crippen LogP contribution in [0.25, 0.3) is 0 Å². The van der Waals surface area contributed by atoms with Gasteiger partial charge in [-0.3, -0.25) is 4.90 Å². The molecule has 8 nitrogen and oxygen atoms in total. The van der Waals surface area contributed by atoms with E-state index in [1.807, 2.05) is 22.9 Å². The second-order valence-corrected chi connectivity index (χ2v) is 8.87. The number of benzene rings is 3. The van der Waals surface area contributed by atoms with Crippen molar-refractivity contribution in [3.8, 4) is 11.5 Å². The minimum atomic E-state index is -0.00970. The molecule has 9 heteroatoms. The van der Waals surface area contributed by atoms with Crippen LogP contribution in [0.1, 0.15) is 23.0 Å². The highest BCUT2D eigenvalue weighted by Crippen LogP contribution is 2.30. The van der Waals surface area contributed by atoms with Gasteiger partial charge in [-0.2, -0.15) is 0 Å². The van der Waals surface area contributed by atoms with Gasteiger partial charge in [-0.05, 0) is 52.2 Å². The van der Waals surface area contributed by atoms with Crippen LogP contribution in [-0.4, -0.2) is 65.5 Å². The number of ether oxygens (including phenoxy) is 2. The van der Waals surface area contributed by atoms with Gasteiger partial charge in [0.25, 0.3) is 0 Å². The van der Waals surface area contributed by atoms with Gasteiger partial charge in [-0.15, -0.1) is 17.5 Å². The molecular formula is C28H33ClN6O2. The lowest BCUT2D eigenvalue weighted by Gasteiger charge is -2.39. The van der Waals surface area contributed by atoms with Gasteiger partial charge in [0, 0.05) is 38.4 Å². The van der Waals surface area contributed by atoms with E-state index in [4.69, 9.17) is 9.47 Å². The van der Waals surface area contributed by atoms with Crippen LogP contribution in [0.15, 0.2) is 78.9 Å². The molecule has 0 N–H and O–H groups in total. The molecule has 37 heavy (non-hydrogen) atoms. The summed E-state index contributed by atoms with van der Waals surface area (Å²) in [6.07, 6.45) is 0.779. The first-order valence-corrected chi connectivity index (χ1v) is 12.3. The van der Waals surface area contributed by atoms with Crippen molar-refractivity contribution in [1.82, 2.24) is 25.1 Å². The van der Waals surface area contributed by atoms with Crippen molar-refractivity contribution in [3.05, 3.63) is 95.8 Å². The van der Waals surface area contributed by atoms with Gasteiger partial charge in [0.1, 0.15) is 0 Å². The lowest BCUT2D eigenvalue weighted by atomic mass is 10.0. The van der Waals surface area contributed by atoms with E-state index in [-0.39, 0.29) is 18.4 Å². The van der Waals surface area contributed by atoms with Gasteiger partial charge in [0.2, 0.25) is 0 Å². The third-order valence-electron chi connectivity index (χ3n) is 6.78. The number of hydrogen-bond donors (Lipinski definition) is 0. The predicted molar refractivity (Wildman–Crippen MR) is 147 cm³/mol. The van der Waals surface area contributed by atoms with Crippen LogP contribution in [0.5, 0.6) is 11.5 Å². The Morgan fingerprint density at radius 3 is 2.16 bits per heavy atom. The van der Waals surface area contributed by atoms with E-state index >= 15 is 0 Å². The fourth-order valence-corrected chi connectivity index (χ4v) is 4.87. The van der Waals surface area contributed by atoms with Crippen molar-refractivity contribution in [2.45, 2.75) is 19.0 Å². The predicted octanol–water partition coefficient (Wildman–Crippen LogP) is 4.27. The Balaban J connectivity index is 0.00000320. The Kier molecular flexibility index (Phi) is 8.98. The van der Waals surface area contributed by atoms with Crippen LogP contribution in [0.2, 0.25) is 0 Å². The molecule has 0 saturated carbocycles. The lowest BCUT2D eigenvalue weighted by molar-refractivity contribution is 0.200. The molecule has 1 unspecified atom stereocenters. The Morgan fingerprint density at radius 1 is 0.811 bits per heavy atom. The number of aromatic nitrogens is 4. The van der Waals surface area contributed by atoms with E-state index in [0.717, 1.165) is 55.5 Å². The molecule has 0 bridgehead atoms. The molecule has 1 atom stereocenters. The Hall–Kier alpha value is -3.62. The summed E-state index contributed by atoms with van der Waals surface area (Å²) in [6.45, 7) is 4.44. The van der Waals surface area contributed by atoms with Gasteiger partial charge in [0.15, 0.2) is 17.3 Å². The van der Waals surface area contributed by atoms with Crippen molar-refractivity contribution in [1.29, 1.82) is 0 Å². The van der Waals surface area contributed by atoms with Crippen LogP contribution in [0.4, 0.5) is 5.69 Å². The summed E-state index contributed by atoms with van der Waals surface area (Å²) in [5.41, 5.74) is 3.61. The number of halogens is 1. The molecule has 3 aromatic carbocycles. The molecule has 0 spiro atoms. The smallest absolute Gasteiger partial charge is 0.173 e. The first-order chi connectivity index (χ1) is 17.8. The number of rotatable bonds is 9. The average molecular weight is 521 g/mol. The van der Waals surface area contributed by atoms with Crippen LogP contribution >= 0.6 is 12.4 Å². The Morgan fingerprint density at radius 2 is 1.49 bits per heavy atom. The largest absolute Gasteiger partial charge is 0.493 e. The van der Waals surface area contributed by atoms with E-state index < -0.39 is 0 Å². The van der Waals surface area contributed by atoms with Gasteiger partial charge < -0.3 is 14.4 Å². The second-order valence-electron chi connectivity index (χ2n) is 8.87. The highest BCUT2D eigenvalue weighted by molar-refractivity contribution is 5.85. The van der Waals surface area contributed by atoms with E-state index in [2.05, 4.69) is 86.0 Å². The first kappa shape index (κ1) is 26.4. The van der Waals surface area contributed by atoms with Crippen molar-refractivity contribution >= 4 is 18.1 Å². The number of tetrazole rings is 1. The van der Waals surface area contributed by atoms with Gasteiger partial charge in [-0.25, -0.2) is 4.68 Å². The molecule has 2 heterocycles. The highest BCUT2D eigenvalue weighted by Gasteiger charge is 2.30.